The monoisotopic (exact) mass is 363 g/mol. The van der Waals surface area contributed by atoms with Gasteiger partial charge in [-0.25, -0.2) is 0 Å². The highest BCUT2D eigenvalue weighted by Crippen LogP contribution is 2.24. The quantitative estimate of drug-likeness (QED) is 0.907. The van der Waals surface area contributed by atoms with Crippen LogP contribution in [-0.4, -0.2) is 49.1 Å². The third kappa shape index (κ3) is 4.51. The van der Waals surface area contributed by atoms with Gasteiger partial charge in [-0.15, -0.1) is 0 Å². The van der Waals surface area contributed by atoms with E-state index in [1.807, 2.05) is 6.07 Å². The molecule has 1 amide bonds. The first kappa shape index (κ1) is 18.1. The molecule has 0 bridgehead atoms. The lowest BCUT2D eigenvalue weighted by Crippen LogP contribution is -2.59. The van der Waals surface area contributed by atoms with Crippen molar-refractivity contribution in [3.63, 3.8) is 0 Å². The lowest BCUT2D eigenvalue weighted by Gasteiger charge is -2.42. The number of anilines is 1. The number of nitrogens with zero attached hydrogens (tertiary/aromatic N) is 2. The maximum Gasteiger partial charge on any atom is 0.234 e. The van der Waals surface area contributed by atoms with E-state index in [4.69, 9.17) is 0 Å². The Kier molecular flexibility index (Phi) is 5.44. The zero-order valence-electron chi connectivity index (χ0n) is 16.1. The van der Waals surface area contributed by atoms with Gasteiger partial charge in [-0.3, -0.25) is 9.69 Å². The van der Waals surface area contributed by atoms with E-state index in [1.54, 1.807) is 0 Å². The van der Waals surface area contributed by atoms with Crippen LogP contribution in [0.2, 0.25) is 0 Å². The zero-order valence-corrected chi connectivity index (χ0v) is 16.1. The Hall–Kier alpha value is -2.33. The van der Waals surface area contributed by atoms with Gasteiger partial charge in [-0.05, 0) is 43.9 Å². The Labute approximate surface area is 162 Å². The summed E-state index contributed by atoms with van der Waals surface area (Å²) in [6.45, 7) is 5.75. The van der Waals surface area contributed by atoms with Crippen LogP contribution >= 0.6 is 0 Å². The molecule has 2 aromatic carbocycles. The van der Waals surface area contributed by atoms with E-state index in [2.05, 4.69) is 70.6 Å². The Morgan fingerprint density at radius 3 is 2.41 bits per heavy atom. The van der Waals surface area contributed by atoms with Gasteiger partial charge in [0.1, 0.15) is 0 Å². The van der Waals surface area contributed by atoms with E-state index in [0.717, 1.165) is 38.9 Å². The fourth-order valence-corrected chi connectivity index (χ4v) is 4.39. The summed E-state index contributed by atoms with van der Waals surface area (Å²) < 4.78 is 0. The van der Waals surface area contributed by atoms with Gasteiger partial charge in [0, 0.05) is 37.4 Å². The molecule has 2 aliphatic heterocycles. The van der Waals surface area contributed by atoms with Crippen LogP contribution in [0.4, 0.5) is 5.69 Å². The molecule has 2 fully saturated rings. The average molecular weight is 364 g/mol. The van der Waals surface area contributed by atoms with Gasteiger partial charge in [0.2, 0.25) is 5.91 Å². The van der Waals surface area contributed by atoms with Gasteiger partial charge in [0.25, 0.3) is 0 Å². The number of hydrogen-bond donors (Lipinski definition) is 1. The Bertz CT molecular complexity index is 751. The van der Waals surface area contributed by atoms with Crippen LogP contribution in [0.1, 0.15) is 24.0 Å². The highest BCUT2D eigenvalue weighted by molar-refractivity contribution is 5.79. The largest absolute Gasteiger partial charge is 0.371 e. The van der Waals surface area contributed by atoms with Crippen LogP contribution in [0.25, 0.3) is 0 Å². The van der Waals surface area contributed by atoms with Crippen molar-refractivity contribution in [3.8, 4) is 0 Å². The van der Waals surface area contributed by atoms with Crippen LogP contribution in [0.15, 0.2) is 54.6 Å². The molecule has 2 aromatic rings. The standard InChI is InChI=1S/C23H29N3O/c1-18-7-9-21(10-8-18)25-13-11-22(12-14-25)26-16-20(24-23(27)17-26)15-19-5-3-2-4-6-19/h2-10,20,22H,11-17H2,1H3,(H,24,27)/t20-/m0/s1. The van der Waals surface area contributed by atoms with Crippen molar-refractivity contribution >= 4 is 11.6 Å². The lowest BCUT2D eigenvalue weighted by atomic mass is 9.98. The minimum Gasteiger partial charge on any atom is -0.371 e. The molecule has 0 unspecified atom stereocenters. The van der Waals surface area contributed by atoms with E-state index in [0.29, 0.717) is 12.6 Å². The Balaban J connectivity index is 1.34. The van der Waals surface area contributed by atoms with Crippen LogP contribution < -0.4 is 10.2 Å². The van der Waals surface area contributed by atoms with Crippen LogP contribution in [-0.2, 0) is 11.2 Å². The first-order valence-electron chi connectivity index (χ1n) is 10.1. The van der Waals surface area contributed by atoms with Crippen molar-refractivity contribution in [3.05, 3.63) is 65.7 Å². The molecule has 2 heterocycles. The van der Waals surface area contributed by atoms with E-state index in [1.165, 1.54) is 16.8 Å². The molecule has 2 aliphatic rings. The number of carbonyl (C=O) groups is 1. The summed E-state index contributed by atoms with van der Waals surface area (Å²) in [5.41, 5.74) is 3.91. The molecule has 1 N–H and O–H groups in total. The van der Waals surface area contributed by atoms with E-state index >= 15 is 0 Å². The zero-order chi connectivity index (χ0) is 18.6. The van der Waals surface area contributed by atoms with E-state index in [9.17, 15) is 4.79 Å². The fourth-order valence-electron chi connectivity index (χ4n) is 4.39. The molecule has 4 heteroatoms. The summed E-state index contributed by atoms with van der Waals surface area (Å²) in [6.07, 6.45) is 3.16. The van der Waals surface area contributed by atoms with Crippen molar-refractivity contribution in [1.82, 2.24) is 10.2 Å². The molecular formula is C23H29N3O. The molecule has 4 nitrogen and oxygen atoms in total. The molecule has 142 valence electrons. The first-order chi connectivity index (χ1) is 13.2. The second-order valence-electron chi connectivity index (χ2n) is 7.94. The summed E-state index contributed by atoms with van der Waals surface area (Å²) in [4.78, 5) is 17.2. The average Bonchev–Trinajstić information content (AvgIpc) is 2.69. The Morgan fingerprint density at radius 2 is 1.70 bits per heavy atom. The molecule has 0 spiro atoms. The molecule has 27 heavy (non-hydrogen) atoms. The summed E-state index contributed by atoms with van der Waals surface area (Å²) in [7, 11) is 0. The topological polar surface area (TPSA) is 35.6 Å². The number of nitrogens with one attached hydrogen (secondary N) is 1. The highest BCUT2D eigenvalue weighted by atomic mass is 16.2. The van der Waals surface area contributed by atoms with Crippen LogP contribution in [0.3, 0.4) is 0 Å². The normalized spacial score (nSPS) is 21.9. The van der Waals surface area contributed by atoms with Crippen LogP contribution in [0, 0.1) is 6.92 Å². The van der Waals surface area contributed by atoms with Crippen molar-refractivity contribution in [2.24, 2.45) is 0 Å². The number of amides is 1. The molecule has 0 aliphatic carbocycles. The molecular weight excluding hydrogens is 334 g/mol. The predicted octanol–water partition coefficient (Wildman–Crippen LogP) is 3.01. The SMILES string of the molecule is Cc1ccc(N2CCC(N3CC(=O)N[C@@H](Cc4ccccc4)C3)CC2)cc1. The fraction of sp³-hybridized carbons (Fsp3) is 0.435. The number of rotatable bonds is 4. The van der Waals surface area contributed by atoms with Gasteiger partial charge in [-0.1, -0.05) is 48.0 Å². The summed E-state index contributed by atoms with van der Waals surface area (Å²) in [6, 6.07) is 20.0. The number of carbonyl (C=O) groups excluding carboxylic acids is 1. The molecule has 4 rings (SSSR count). The number of hydrogen-bond acceptors (Lipinski definition) is 3. The third-order valence-corrected chi connectivity index (χ3v) is 5.87. The minimum absolute atomic E-state index is 0.170. The minimum atomic E-state index is 0.170. The lowest BCUT2D eigenvalue weighted by molar-refractivity contribution is -0.126. The Morgan fingerprint density at radius 1 is 1.00 bits per heavy atom. The van der Waals surface area contributed by atoms with Gasteiger partial charge in [0.15, 0.2) is 0 Å². The second kappa shape index (κ2) is 8.13. The van der Waals surface area contributed by atoms with Crippen molar-refractivity contribution in [2.45, 2.75) is 38.3 Å². The van der Waals surface area contributed by atoms with Gasteiger partial charge in [0.05, 0.1) is 6.54 Å². The van der Waals surface area contributed by atoms with Gasteiger partial charge >= 0.3 is 0 Å². The van der Waals surface area contributed by atoms with Crippen molar-refractivity contribution in [1.29, 1.82) is 0 Å². The summed E-state index contributed by atoms with van der Waals surface area (Å²) >= 11 is 0. The number of piperazine rings is 1. The van der Waals surface area contributed by atoms with Gasteiger partial charge < -0.3 is 10.2 Å². The van der Waals surface area contributed by atoms with Crippen molar-refractivity contribution < 1.29 is 4.79 Å². The maximum absolute atomic E-state index is 12.3. The third-order valence-electron chi connectivity index (χ3n) is 5.87. The number of aryl methyl sites for hydroxylation is 1. The van der Waals surface area contributed by atoms with Gasteiger partial charge in [-0.2, -0.15) is 0 Å². The molecule has 0 saturated carbocycles. The number of benzene rings is 2. The van der Waals surface area contributed by atoms with E-state index in [-0.39, 0.29) is 11.9 Å². The summed E-state index contributed by atoms with van der Waals surface area (Å²) in [5, 5.41) is 3.18. The van der Waals surface area contributed by atoms with Crippen molar-refractivity contribution in [2.75, 3.05) is 31.1 Å². The van der Waals surface area contributed by atoms with Crippen LogP contribution in [0.5, 0.6) is 0 Å². The van der Waals surface area contributed by atoms with E-state index < -0.39 is 0 Å². The molecule has 1 atom stereocenters. The second-order valence-corrected chi connectivity index (χ2v) is 7.94. The molecule has 2 saturated heterocycles. The molecule has 0 radical (unpaired) electrons. The summed E-state index contributed by atoms with van der Waals surface area (Å²) in [5.74, 6) is 0.170. The maximum atomic E-state index is 12.3. The predicted molar refractivity (Wildman–Crippen MR) is 110 cm³/mol. The number of piperidine rings is 1. The first-order valence-corrected chi connectivity index (χ1v) is 10.1. The molecule has 0 aromatic heterocycles. The highest BCUT2D eigenvalue weighted by Gasteiger charge is 2.31. The smallest absolute Gasteiger partial charge is 0.234 e.